The number of carbonyl (C=O) groups is 3. The largest absolute Gasteiger partial charge is 0.497 e. The monoisotopic (exact) mass is 418 g/mol. The van der Waals surface area contributed by atoms with Crippen molar-refractivity contribution in [3.8, 4) is 11.5 Å². The van der Waals surface area contributed by atoms with Gasteiger partial charge in [0.2, 0.25) is 11.8 Å². The Morgan fingerprint density at radius 1 is 0.968 bits per heavy atom. The number of anilines is 2. The molecule has 0 radical (unpaired) electrons. The minimum absolute atomic E-state index is 0.112. The molecule has 158 valence electrons. The van der Waals surface area contributed by atoms with Crippen molar-refractivity contribution in [3.05, 3.63) is 60.2 Å². The number of fused-ring (bicyclic) bond motifs is 5. The molecule has 4 atom stereocenters. The summed E-state index contributed by atoms with van der Waals surface area (Å²) in [7, 11) is 3.05. The van der Waals surface area contributed by atoms with Gasteiger partial charge in [-0.2, -0.15) is 0 Å². The van der Waals surface area contributed by atoms with E-state index in [4.69, 9.17) is 9.47 Å². The summed E-state index contributed by atoms with van der Waals surface area (Å²) in [6, 6.07) is 11.7. The Kier molecular flexibility index (Phi) is 4.54. The fourth-order valence-corrected chi connectivity index (χ4v) is 5.09. The van der Waals surface area contributed by atoms with E-state index < -0.39 is 5.91 Å². The van der Waals surface area contributed by atoms with Crippen LogP contribution in [0.5, 0.6) is 11.5 Å². The van der Waals surface area contributed by atoms with Crippen LogP contribution in [0.1, 0.15) is 16.8 Å². The topological polar surface area (TPSA) is 84.9 Å². The van der Waals surface area contributed by atoms with E-state index in [1.807, 2.05) is 0 Å². The van der Waals surface area contributed by atoms with Gasteiger partial charge in [0.15, 0.2) is 0 Å². The predicted octanol–water partition coefficient (Wildman–Crippen LogP) is 3.27. The second kappa shape index (κ2) is 7.27. The molecule has 5 rings (SSSR count). The molecule has 1 saturated carbocycles. The van der Waals surface area contributed by atoms with Gasteiger partial charge in [0.05, 0.1) is 43.0 Å². The van der Waals surface area contributed by atoms with E-state index in [-0.39, 0.29) is 41.0 Å². The number of methoxy groups -OCH3 is 2. The van der Waals surface area contributed by atoms with Crippen LogP contribution in [0, 0.1) is 23.7 Å². The molecular formula is C24H22N2O5. The molecule has 3 amide bonds. The number of ether oxygens (including phenoxy) is 2. The average molecular weight is 418 g/mol. The molecule has 7 nitrogen and oxygen atoms in total. The number of hydrogen-bond acceptors (Lipinski definition) is 5. The number of nitrogens with zero attached hydrogens (tertiary/aromatic N) is 1. The van der Waals surface area contributed by atoms with Gasteiger partial charge in [-0.05, 0) is 42.5 Å². The van der Waals surface area contributed by atoms with Gasteiger partial charge in [0, 0.05) is 6.07 Å². The Labute approximate surface area is 179 Å². The summed E-state index contributed by atoms with van der Waals surface area (Å²) < 4.78 is 10.5. The van der Waals surface area contributed by atoms with Crippen molar-refractivity contribution in [1.29, 1.82) is 0 Å². The van der Waals surface area contributed by atoms with Crippen molar-refractivity contribution < 1.29 is 23.9 Å². The number of amides is 3. The molecule has 1 heterocycles. The molecule has 31 heavy (non-hydrogen) atoms. The number of carbonyl (C=O) groups excluding carboxylic acids is 3. The first kappa shape index (κ1) is 19.4. The van der Waals surface area contributed by atoms with Crippen molar-refractivity contribution in [2.75, 3.05) is 24.4 Å². The van der Waals surface area contributed by atoms with E-state index in [9.17, 15) is 14.4 Å². The number of rotatable bonds is 5. The molecule has 7 heteroatoms. The Morgan fingerprint density at radius 3 is 2.29 bits per heavy atom. The van der Waals surface area contributed by atoms with Gasteiger partial charge in [0.1, 0.15) is 11.5 Å². The quantitative estimate of drug-likeness (QED) is 0.595. The van der Waals surface area contributed by atoms with Crippen LogP contribution in [0.2, 0.25) is 0 Å². The SMILES string of the molecule is COc1ccc(NC(=O)c2ccccc2N2C(=O)[C@@H]3[C@@H](C2=O)[C@H]2C=C[C@H]3C2)c(OC)c1. The number of para-hydroxylation sites is 1. The van der Waals surface area contributed by atoms with E-state index in [1.165, 1.54) is 12.0 Å². The predicted molar refractivity (Wildman–Crippen MR) is 114 cm³/mol. The molecule has 2 aliphatic carbocycles. The maximum Gasteiger partial charge on any atom is 0.257 e. The summed E-state index contributed by atoms with van der Waals surface area (Å²) >= 11 is 0. The fourth-order valence-electron chi connectivity index (χ4n) is 5.09. The van der Waals surface area contributed by atoms with Crippen LogP contribution in [-0.4, -0.2) is 31.9 Å². The first-order chi connectivity index (χ1) is 15.0. The number of benzene rings is 2. The highest BCUT2D eigenvalue weighted by molar-refractivity contribution is 6.25. The Bertz CT molecular complexity index is 1090. The summed E-state index contributed by atoms with van der Waals surface area (Å²) in [4.78, 5) is 40.8. The molecule has 2 bridgehead atoms. The minimum Gasteiger partial charge on any atom is -0.497 e. The Hall–Kier alpha value is -3.61. The van der Waals surface area contributed by atoms with E-state index >= 15 is 0 Å². The molecule has 1 aliphatic heterocycles. The smallest absolute Gasteiger partial charge is 0.257 e. The first-order valence-electron chi connectivity index (χ1n) is 10.2. The number of nitrogens with one attached hydrogen (secondary N) is 1. The van der Waals surface area contributed by atoms with Gasteiger partial charge in [0.25, 0.3) is 5.91 Å². The van der Waals surface area contributed by atoms with Crippen molar-refractivity contribution in [3.63, 3.8) is 0 Å². The number of hydrogen-bond donors (Lipinski definition) is 1. The second-order valence-electron chi connectivity index (χ2n) is 8.05. The molecular weight excluding hydrogens is 396 g/mol. The third kappa shape index (κ3) is 2.91. The molecule has 1 saturated heterocycles. The third-order valence-electron chi connectivity index (χ3n) is 6.52. The fraction of sp³-hybridized carbons (Fsp3) is 0.292. The maximum atomic E-state index is 13.2. The minimum atomic E-state index is -0.433. The molecule has 2 aromatic rings. The van der Waals surface area contributed by atoms with E-state index in [2.05, 4.69) is 17.5 Å². The van der Waals surface area contributed by atoms with Crippen LogP contribution in [0.4, 0.5) is 11.4 Å². The lowest BCUT2D eigenvalue weighted by molar-refractivity contribution is -0.123. The highest BCUT2D eigenvalue weighted by Crippen LogP contribution is 2.53. The van der Waals surface area contributed by atoms with Crippen molar-refractivity contribution in [1.82, 2.24) is 0 Å². The van der Waals surface area contributed by atoms with E-state index in [1.54, 1.807) is 49.6 Å². The van der Waals surface area contributed by atoms with Gasteiger partial charge in [-0.1, -0.05) is 24.3 Å². The van der Waals surface area contributed by atoms with E-state index in [0.29, 0.717) is 22.9 Å². The van der Waals surface area contributed by atoms with Gasteiger partial charge in [-0.15, -0.1) is 0 Å². The molecule has 0 unspecified atom stereocenters. The summed E-state index contributed by atoms with van der Waals surface area (Å²) in [5.74, 6) is -0.238. The lowest BCUT2D eigenvalue weighted by atomic mass is 9.85. The summed E-state index contributed by atoms with van der Waals surface area (Å²) in [5.41, 5.74) is 1.03. The van der Waals surface area contributed by atoms with Crippen LogP contribution >= 0.6 is 0 Å². The number of allylic oxidation sites excluding steroid dienone is 2. The summed E-state index contributed by atoms with van der Waals surface area (Å²) in [6.07, 6.45) is 4.96. The van der Waals surface area contributed by atoms with Crippen LogP contribution in [-0.2, 0) is 9.59 Å². The Balaban J connectivity index is 1.46. The van der Waals surface area contributed by atoms with Gasteiger partial charge < -0.3 is 14.8 Å². The molecule has 3 aliphatic rings. The van der Waals surface area contributed by atoms with Crippen molar-refractivity contribution in [2.45, 2.75) is 6.42 Å². The molecule has 0 aromatic heterocycles. The van der Waals surface area contributed by atoms with Crippen LogP contribution < -0.4 is 19.7 Å². The van der Waals surface area contributed by atoms with Crippen molar-refractivity contribution >= 4 is 29.1 Å². The van der Waals surface area contributed by atoms with Crippen LogP contribution in [0.15, 0.2) is 54.6 Å². The van der Waals surface area contributed by atoms with E-state index in [0.717, 1.165) is 6.42 Å². The standard InChI is InChI=1S/C24H22N2O5/c1-30-15-9-10-17(19(12-15)31-2)25-22(27)16-5-3-4-6-18(16)26-23(28)20-13-7-8-14(11-13)21(20)24(26)29/h3-10,12-14,20-21H,11H2,1-2H3,(H,25,27)/t13-,14-,20-,21-/m0/s1. The van der Waals surface area contributed by atoms with Gasteiger partial charge in [-0.25, -0.2) is 4.90 Å². The lowest BCUT2D eigenvalue weighted by Gasteiger charge is -2.20. The van der Waals surface area contributed by atoms with Crippen LogP contribution in [0.3, 0.4) is 0 Å². The average Bonchev–Trinajstić information content (AvgIpc) is 3.47. The zero-order valence-corrected chi connectivity index (χ0v) is 17.2. The highest BCUT2D eigenvalue weighted by atomic mass is 16.5. The van der Waals surface area contributed by atoms with Crippen molar-refractivity contribution in [2.24, 2.45) is 23.7 Å². The van der Waals surface area contributed by atoms with Gasteiger partial charge >= 0.3 is 0 Å². The van der Waals surface area contributed by atoms with Crippen LogP contribution in [0.25, 0.3) is 0 Å². The molecule has 0 spiro atoms. The van der Waals surface area contributed by atoms with Gasteiger partial charge in [-0.3, -0.25) is 14.4 Å². The second-order valence-corrected chi connectivity index (χ2v) is 8.05. The summed E-state index contributed by atoms with van der Waals surface area (Å²) in [5, 5.41) is 2.82. The molecule has 2 aromatic carbocycles. The molecule has 1 N–H and O–H groups in total. The lowest BCUT2D eigenvalue weighted by Crippen LogP contribution is -2.34. The zero-order valence-electron chi connectivity index (χ0n) is 17.2. The Morgan fingerprint density at radius 2 is 1.65 bits per heavy atom. The molecule has 2 fully saturated rings. The zero-order chi connectivity index (χ0) is 21.7. The first-order valence-corrected chi connectivity index (χ1v) is 10.2. The maximum absolute atomic E-state index is 13.2. The normalized spacial score (nSPS) is 25.7. The number of imide groups is 1. The summed E-state index contributed by atoms with van der Waals surface area (Å²) in [6.45, 7) is 0. The highest BCUT2D eigenvalue weighted by Gasteiger charge is 2.59. The third-order valence-corrected chi connectivity index (χ3v) is 6.52.